The van der Waals surface area contributed by atoms with E-state index in [-0.39, 0.29) is 17.8 Å². The van der Waals surface area contributed by atoms with Crippen molar-refractivity contribution in [3.63, 3.8) is 0 Å². The number of halogens is 1. The molecular formula is C13H15FN2O. The van der Waals surface area contributed by atoms with E-state index < -0.39 is 5.92 Å². The number of carbonyl (C=O) groups excluding carboxylic acids is 1. The minimum Gasteiger partial charge on any atom is -0.348 e. The van der Waals surface area contributed by atoms with Crippen LogP contribution in [0.15, 0.2) is 24.3 Å². The lowest BCUT2D eigenvalue weighted by molar-refractivity contribution is -0.124. The fraction of sp³-hybridized carbons (Fsp3) is 0.385. The Hall–Kier alpha value is -1.89. The van der Waals surface area contributed by atoms with Crippen molar-refractivity contribution < 1.29 is 9.18 Å². The first kappa shape index (κ1) is 13.2. The molecule has 1 amide bonds. The molecule has 4 heteroatoms. The van der Waals surface area contributed by atoms with Crippen LogP contribution < -0.4 is 5.32 Å². The fourth-order valence-corrected chi connectivity index (χ4v) is 1.51. The molecule has 3 nitrogen and oxygen atoms in total. The highest BCUT2D eigenvalue weighted by Crippen LogP contribution is 2.14. The summed E-state index contributed by atoms with van der Waals surface area (Å²) in [6, 6.07) is 7.68. The van der Waals surface area contributed by atoms with Crippen LogP contribution in [-0.4, -0.2) is 5.91 Å². The zero-order chi connectivity index (χ0) is 12.8. The maximum Gasteiger partial charge on any atom is 0.237 e. The molecule has 1 aromatic carbocycles. The molecule has 1 rings (SSSR count). The topological polar surface area (TPSA) is 52.9 Å². The normalized spacial score (nSPS) is 13.5. The largest absolute Gasteiger partial charge is 0.348 e. The number of benzene rings is 1. The zero-order valence-electron chi connectivity index (χ0n) is 9.90. The van der Waals surface area contributed by atoms with Crippen LogP contribution in [-0.2, 0) is 4.79 Å². The van der Waals surface area contributed by atoms with Gasteiger partial charge < -0.3 is 5.32 Å². The van der Waals surface area contributed by atoms with Crippen LogP contribution in [0.1, 0.15) is 31.9 Å². The molecule has 0 bridgehead atoms. The van der Waals surface area contributed by atoms with Gasteiger partial charge >= 0.3 is 0 Å². The molecule has 0 saturated carbocycles. The lowest BCUT2D eigenvalue weighted by Gasteiger charge is -2.16. The van der Waals surface area contributed by atoms with Crippen LogP contribution >= 0.6 is 0 Å². The van der Waals surface area contributed by atoms with E-state index >= 15 is 0 Å². The van der Waals surface area contributed by atoms with Crippen LogP contribution in [0.5, 0.6) is 0 Å². The Balaban J connectivity index is 2.70. The highest BCUT2D eigenvalue weighted by atomic mass is 19.1. The first-order valence-corrected chi connectivity index (χ1v) is 5.54. The van der Waals surface area contributed by atoms with E-state index in [0.717, 1.165) is 0 Å². The zero-order valence-corrected chi connectivity index (χ0v) is 9.90. The molecule has 0 saturated heterocycles. The van der Waals surface area contributed by atoms with E-state index in [2.05, 4.69) is 5.32 Å². The Kier molecular flexibility index (Phi) is 4.65. The highest BCUT2D eigenvalue weighted by molar-refractivity contribution is 5.81. The molecule has 0 spiro atoms. The van der Waals surface area contributed by atoms with Crippen molar-refractivity contribution in [3.05, 3.63) is 35.6 Å². The summed E-state index contributed by atoms with van der Waals surface area (Å²) in [4.78, 5) is 11.6. The predicted molar refractivity (Wildman–Crippen MR) is 62.4 cm³/mol. The molecular weight excluding hydrogens is 219 g/mol. The Morgan fingerprint density at radius 2 is 2.29 bits per heavy atom. The molecule has 90 valence electrons. The summed E-state index contributed by atoms with van der Waals surface area (Å²) in [6.45, 7) is 3.54. The van der Waals surface area contributed by atoms with E-state index in [1.807, 2.05) is 6.07 Å². The van der Waals surface area contributed by atoms with Gasteiger partial charge in [0.05, 0.1) is 12.1 Å². The molecule has 0 aliphatic rings. The van der Waals surface area contributed by atoms with E-state index in [9.17, 15) is 9.18 Å². The summed E-state index contributed by atoms with van der Waals surface area (Å²) in [7, 11) is 0. The van der Waals surface area contributed by atoms with Gasteiger partial charge in [-0.2, -0.15) is 5.26 Å². The third-order valence-electron chi connectivity index (χ3n) is 2.59. The number of nitrogens with one attached hydrogen (secondary N) is 1. The van der Waals surface area contributed by atoms with Crippen molar-refractivity contribution in [1.82, 2.24) is 5.32 Å². The molecule has 0 fully saturated rings. The van der Waals surface area contributed by atoms with Crippen molar-refractivity contribution in [2.75, 3.05) is 0 Å². The molecule has 0 radical (unpaired) electrons. The smallest absolute Gasteiger partial charge is 0.237 e. The molecule has 2 atom stereocenters. The Labute approximate surface area is 100 Å². The van der Waals surface area contributed by atoms with Crippen molar-refractivity contribution in [2.45, 2.75) is 26.3 Å². The molecule has 0 aliphatic heterocycles. The quantitative estimate of drug-likeness (QED) is 0.870. The molecule has 1 aromatic rings. The van der Waals surface area contributed by atoms with Gasteiger partial charge in [-0.25, -0.2) is 4.39 Å². The van der Waals surface area contributed by atoms with Gasteiger partial charge in [0.2, 0.25) is 5.91 Å². The van der Waals surface area contributed by atoms with Gasteiger partial charge in [-0.1, -0.05) is 19.1 Å². The number of nitrogens with zero attached hydrogens (tertiary/aromatic N) is 1. The number of hydrogen-bond acceptors (Lipinski definition) is 2. The van der Waals surface area contributed by atoms with Gasteiger partial charge in [-0.3, -0.25) is 4.79 Å². The first-order chi connectivity index (χ1) is 8.08. The van der Waals surface area contributed by atoms with Gasteiger partial charge in [0.1, 0.15) is 11.7 Å². The number of rotatable bonds is 4. The fourth-order valence-electron chi connectivity index (χ4n) is 1.51. The molecule has 17 heavy (non-hydrogen) atoms. The van der Waals surface area contributed by atoms with Crippen LogP contribution in [0, 0.1) is 23.1 Å². The Morgan fingerprint density at radius 1 is 1.59 bits per heavy atom. The van der Waals surface area contributed by atoms with Crippen LogP contribution in [0.25, 0.3) is 0 Å². The average Bonchev–Trinajstić information content (AvgIpc) is 2.30. The van der Waals surface area contributed by atoms with Gasteiger partial charge in [-0.05, 0) is 31.0 Å². The van der Waals surface area contributed by atoms with E-state index in [1.165, 1.54) is 12.1 Å². The Morgan fingerprint density at radius 3 is 2.82 bits per heavy atom. The summed E-state index contributed by atoms with van der Waals surface area (Å²) in [5.74, 6) is -1.30. The second kappa shape index (κ2) is 6.00. The second-order valence-corrected chi connectivity index (χ2v) is 3.88. The Bertz CT molecular complexity index is 439. The van der Waals surface area contributed by atoms with Gasteiger partial charge in [0.25, 0.3) is 0 Å². The first-order valence-electron chi connectivity index (χ1n) is 5.54. The summed E-state index contributed by atoms with van der Waals surface area (Å²) >= 11 is 0. The maximum absolute atomic E-state index is 13.0. The number of carbonyl (C=O) groups is 1. The van der Waals surface area contributed by atoms with Crippen molar-refractivity contribution in [2.24, 2.45) is 5.92 Å². The maximum atomic E-state index is 13.0. The minimum absolute atomic E-state index is 0.305. The van der Waals surface area contributed by atoms with Crippen molar-refractivity contribution >= 4 is 5.91 Å². The lowest BCUT2D eigenvalue weighted by Crippen LogP contribution is -2.31. The van der Waals surface area contributed by atoms with Crippen molar-refractivity contribution in [1.29, 1.82) is 5.26 Å². The second-order valence-electron chi connectivity index (χ2n) is 3.88. The highest BCUT2D eigenvalue weighted by Gasteiger charge is 2.18. The summed E-state index contributed by atoms with van der Waals surface area (Å²) < 4.78 is 13.0. The van der Waals surface area contributed by atoms with Gasteiger partial charge in [0.15, 0.2) is 0 Å². The van der Waals surface area contributed by atoms with Gasteiger partial charge in [-0.15, -0.1) is 0 Å². The summed E-state index contributed by atoms with van der Waals surface area (Å²) in [5.41, 5.74) is 0.686. The average molecular weight is 234 g/mol. The monoisotopic (exact) mass is 234 g/mol. The number of nitriles is 1. The molecule has 1 N–H and O–H groups in total. The number of hydrogen-bond donors (Lipinski definition) is 1. The lowest BCUT2D eigenvalue weighted by atomic mass is 10.0. The van der Waals surface area contributed by atoms with E-state index in [4.69, 9.17) is 5.26 Å². The molecule has 0 heterocycles. The summed E-state index contributed by atoms with van der Waals surface area (Å²) in [5, 5.41) is 11.5. The SMILES string of the molecule is CCC(C#N)C(=O)NC(C)c1cccc(F)c1. The third kappa shape index (κ3) is 3.56. The number of amides is 1. The van der Waals surface area contributed by atoms with Gasteiger partial charge in [0, 0.05) is 0 Å². The predicted octanol–water partition coefficient (Wildman–Crippen LogP) is 2.55. The van der Waals surface area contributed by atoms with E-state index in [1.54, 1.807) is 26.0 Å². The summed E-state index contributed by atoms with van der Waals surface area (Å²) in [6.07, 6.45) is 0.470. The van der Waals surface area contributed by atoms with Crippen LogP contribution in [0.4, 0.5) is 4.39 Å². The van der Waals surface area contributed by atoms with Crippen molar-refractivity contribution in [3.8, 4) is 6.07 Å². The molecule has 0 aliphatic carbocycles. The standard InChI is InChI=1S/C13H15FN2O/c1-3-10(8-15)13(17)16-9(2)11-5-4-6-12(14)7-11/h4-7,9-10H,3H2,1-2H3,(H,16,17). The minimum atomic E-state index is -0.647. The molecule has 0 aromatic heterocycles. The third-order valence-corrected chi connectivity index (χ3v) is 2.59. The van der Waals surface area contributed by atoms with Crippen LogP contribution in [0.2, 0.25) is 0 Å². The van der Waals surface area contributed by atoms with E-state index in [0.29, 0.717) is 12.0 Å². The van der Waals surface area contributed by atoms with Crippen LogP contribution in [0.3, 0.4) is 0 Å². The molecule has 2 unspecified atom stereocenters.